The molecule has 1 saturated carbocycles. The highest BCUT2D eigenvalue weighted by atomic mass is 16.5. The van der Waals surface area contributed by atoms with Crippen LogP contribution in [0.3, 0.4) is 0 Å². The van der Waals surface area contributed by atoms with Crippen molar-refractivity contribution in [3.05, 3.63) is 29.8 Å². The van der Waals surface area contributed by atoms with E-state index in [0.717, 1.165) is 37.2 Å². The summed E-state index contributed by atoms with van der Waals surface area (Å²) in [5.41, 5.74) is 1.39. The minimum Gasteiger partial charge on any atom is -0.493 e. The zero-order chi connectivity index (χ0) is 13.9. The van der Waals surface area contributed by atoms with E-state index in [-0.39, 0.29) is 0 Å². The van der Waals surface area contributed by atoms with E-state index in [0.29, 0.717) is 12.0 Å². The largest absolute Gasteiger partial charge is 0.493 e. The number of benzene rings is 1. The summed E-state index contributed by atoms with van der Waals surface area (Å²) in [6, 6.07) is 9.24. The first-order valence-electron chi connectivity index (χ1n) is 8.21. The molecule has 20 heavy (non-hydrogen) atoms. The number of hydrogen-bond donors (Lipinski definition) is 1. The topological polar surface area (TPSA) is 21.3 Å². The maximum Gasteiger partial charge on any atom is 0.122 e. The molecule has 1 aromatic carbocycles. The van der Waals surface area contributed by atoms with Crippen LogP contribution in [0.2, 0.25) is 0 Å². The highest BCUT2D eigenvalue weighted by molar-refractivity contribution is 5.37. The van der Waals surface area contributed by atoms with Gasteiger partial charge in [-0.25, -0.2) is 0 Å². The molecule has 0 aromatic heterocycles. The minimum absolute atomic E-state index is 0.615. The molecule has 1 aromatic rings. The quantitative estimate of drug-likeness (QED) is 0.900. The van der Waals surface area contributed by atoms with Gasteiger partial charge in [0.05, 0.1) is 6.61 Å². The lowest BCUT2D eigenvalue weighted by molar-refractivity contribution is 0.198. The van der Waals surface area contributed by atoms with Crippen molar-refractivity contribution in [2.24, 2.45) is 11.8 Å². The normalized spacial score (nSPS) is 33.3. The number of nitrogens with one attached hydrogen (secondary N) is 1. The van der Waals surface area contributed by atoms with Crippen LogP contribution in [0.5, 0.6) is 5.75 Å². The van der Waals surface area contributed by atoms with Gasteiger partial charge in [-0.1, -0.05) is 44.9 Å². The predicted molar refractivity (Wildman–Crippen MR) is 83.3 cm³/mol. The monoisotopic (exact) mass is 273 g/mol. The van der Waals surface area contributed by atoms with Gasteiger partial charge in [0, 0.05) is 18.5 Å². The number of ether oxygens (including phenoxy) is 1. The molecule has 0 saturated heterocycles. The average molecular weight is 273 g/mol. The van der Waals surface area contributed by atoms with Gasteiger partial charge in [0.15, 0.2) is 0 Å². The molecule has 0 radical (unpaired) electrons. The van der Waals surface area contributed by atoms with Crippen LogP contribution in [0, 0.1) is 11.8 Å². The van der Waals surface area contributed by atoms with Gasteiger partial charge in [-0.3, -0.25) is 0 Å². The lowest BCUT2D eigenvalue weighted by Gasteiger charge is -2.36. The number of para-hydroxylation sites is 1. The maximum absolute atomic E-state index is 5.76. The molecule has 2 heteroatoms. The van der Waals surface area contributed by atoms with E-state index in [1.165, 1.54) is 24.8 Å². The Morgan fingerprint density at radius 1 is 1.15 bits per heavy atom. The van der Waals surface area contributed by atoms with E-state index >= 15 is 0 Å². The molecule has 110 valence electrons. The molecule has 2 nitrogen and oxygen atoms in total. The molecule has 0 spiro atoms. The third kappa shape index (κ3) is 2.85. The Balaban J connectivity index is 1.62. The van der Waals surface area contributed by atoms with Gasteiger partial charge in [-0.2, -0.15) is 0 Å². The third-order valence-corrected chi connectivity index (χ3v) is 5.42. The minimum atomic E-state index is 0.615. The molecule has 4 unspecified atom stereocenters. The van der Waals surface area contributed by atoms with Gasteiger partial charge in [0.25, 0.3) is 0 Å². The Morgan fingerprint density at radius 3 is 2.90 bits per heavy atom. The molecule has 0 amide bonds. The van der Waals surface area contributed by atoms with Crippen LogP contribution < -0.4 is 10.1 Å². The Bertz CT molecular complexity index is 445. The average Bonchev–Trinajstić information content (AvgIpc) is 2.49. The second-order valence-corrected chi connectivity index (χ2v) is 6.65. The summed E-state index contributed by atoms with van der Waals surface area (Å²) in [6.07, 6.45) is 5.27. The second kappa shape index (κ2) is 6.17. The molecule has 1 fully saturated rings. The Kier molecular flexibility index (Phi) is 4.30. The zero-order valence-electron chi connectivity index (χ0n) is 12.8. The van der Waals surface area contributed by atoms with E-state index in [9.17, 15) is 0 Å². The van der Waals surface area contributed by atoms with Crippen molar-refractivity contribution >= 4 is 0 Å². The number of hydrogen-bond acceptors (Lipinski definition) is 2. The number of fused-ring (bicyclic) bond motifs is 1. The van der Waals surface area contributed by atoms with Crippen molar-refractivity contribution in [2.45, 2.75) is 51.5 Å². The van der Waals surface area contributed by atoms with Crippen LogP contribution in [0.15, 0.2) is 24.3 Å². The molecule has 1 aliphatic heterocycles. The third-order valence-electron chi connectivity index (χ3n) is 5.42. The van der Waals surface area contributed by atoms with E-state index < -0.39 is 0 Å². The van der Waals surface area contributed by atoms with E-state index in [4.69, 9.17) is 4.74 Å². The van der Waals surface area contributed by atoms with Crippen LogP contribution in [0.4, 0.5) is 0 Å². The van der Waals surface area contributed by atoms with Gasteiger partial charge in [-0.15, -0.1) is 0 Å². The van der Waals surface area contributed by atoms with Crippen LogP contribution in [0.25, 0.3) is 0 Å². The van der Waals surface area contributed by atoms with Crippen molar-refractivity contribution in [3.8, 4) is 5.75 Å². The highest BCUT2D eigenvalue weighted by Crippen LogP contribution is 2.34. The summed E-state index contributed by atoms with van der Waals surface area (Å²) in [4.78, 5) is 0. The van der Waals surface area contributed by atoms with E-state index in [2.05, 4.69) is 43.4 Å². The zero-order valence-corrected chi connectivity index (χ0v) is 12.8. The molecule has 3 rings (SSSR count). The molecule has 4 atom stereocenters. The molecule has 2 aliphatic rings. The molecule has 1 aliphatic carbocycles. The van der Waals surface area contributed by atoms with Crippen LogP contribution >= 0.6 is 0 Å². The van der Waals surface area contributed by atoms with E-state index in [1.54, 1.807) is 0 Å². The summed E-state index contributed by atoms with van der Waals surface area (Å²) in [5, 5.41) is 3.86. The Morgan fingerprint density at radius 2 is 2.00 bits per heavy atom. The van der Waals surface area contributed by atoms with Gasteiger partial charge in [0.2, 0.25) is 0 Å². The first kappa shape index (κ1) is 13.9. The van der Waals surface area contributed by atoms with Crippen molar-refractivity contribution in [2.75, 3.05) is 13.2 Å². The first-order valence-corrected chi connectivity index (χ1v) is 8.21. The van der Waals surface area contributed by atoms with Crippen molar-refractivity contribution in [3.63, 3.8) is 0 Å². The summed E-state index contributed by atoms with van der Waals surface area (Å²) in [7, 11) is 0. The smallest absolute Gasteiger partial charge is 0.122 e. The fraction of sp³-hybridized carbons (Fsp3) is 0.667. The summed E-state index contributed by atoms with van der Waals surface area (Å²) >= 11 is 0. The van der Waals surface area contributed by atoms with Crippen molar-refractivity contribution < 1.29 is 4.74 Å². The molecular weight excluding hydrogens is 246 g/mol. The number of rotatable bonds is 3. The lowest BCUT2D eigenvalue weighted by atomic mass is 9.78. The van der Waals surface area contributed by atoms with Crippen LogP contribution in [0.1, 0.15) is 51.0 Å². The van der Waals surface area contributed by atoms with Crippen LogP contribution in [-0.4, -0.2) is 19.2 Å². The van der Waals surface area contributed by atoms with Gasteiger partial charge in [-0.05, 0) is 36.3 Å². The molecule has 1 N–H and O–H groups in total. The van der Waals surface area contributed by atoms with Crippen LogP contribution in [-0.2, 0) is 0 Å². The van der Waals surface area contributed by atoms with Gasteiger partial charge < -0.3 is 10.1 Å². The molecule has 0 bridgehead atoms. The maximum atomic E-state index is 5.76. The van der Waals surface area contributed by atoms with Gasteiger partial charge in [0.1, 0.15) is 5.75 Å². The fourth-order valence-corrected chi connectivity index (χ4v) is 3.79. The summed E-state index contributed by atoms with van der Waals surface area (Å²) in [5.74, 6) is 3.38. The van der Waals surface area contributed by atoms with Crippen molar-refractivity contribution in [1.82, 2.24) is 5.32 Å². The Hall–Kier alpha value is -1.02. The standard InChI is InChI=1S/C18H27NO/c1-13-6-5-8-17(14(13)2)19-12-15-10-11-20-18-9-4-3-7-16(15)18/h3-4,7,9,13-15,17,19H,5-6,8,10-12H2,1-2H3. The van der Waals surface area contributed by atoms with Crippen molar-refractivity contribution in [1.29, 1.82) is 0 Å². The Labute approximate surface area is 122 Å². The first-order chi connectivity index (χ1) is 9.75. The summed E-state index contributed by atoms with van der Waals surface area (Å²) in [6.45, 7) is 6.78. The fourth-order valence-electron chi connectivity index (χ4n) is 3.79. The second-order valence-electron chi connectivity index (χ2n) is 6.65. The lowest BCUT2D eigenvalue weighted by Crippen LogP contribution is -2.42. The van der Waals surface area contributed by atoms with E-state index in [1.807, 2.05) is 0 Å². The highest BCUT2D eigenvalue weighted by Gasteiger charge is 2.28. The predicted octanol–water partition coefficient (Wildman–Crippen LogP) is 3.97. The van der Waals surface area contributed by atoms with Gasteiger partial charge >= 0.3 is 0 Å². The summed E-state index contributed by atoms with van der Waals surface area (Å²) < 4.78 is 5.76. The molecular formula is C18H27NO. The SMILES string of the molecule is CC1CCCC(NCC2CCOc3ccccc32)C1C. The molecule has 1 heterocycles.